The number of carbonyl (C=O) groups excluding carboxylic acids is 1. The van der Waals surface area contributed by atoms with Crippen LogP contribution >= 0.6 is 0 Å². The summed E-state index contributed by atoms with van der Waals surface area (Å²) in [6.45, 7) is 0.456. The van der Waals surface area contributed by atoms with Gasteiger partial charge in [0, 0.05) is 24.6 Å². The molecule has 0 bridgehead atoms. The van der Waals surface area contributed by atoms with Crippen molar-refractivity contribution < 1.29 is 4.79 Å². The largest absolute Gasteiger partial charge is 0.326 e. The predicted octanol–water partition coefficient (Wildman–Crippen LogP) is 1.70. The molecule has 0 aliphatic carbocycles. The zero-order valence-electron chi connectivity index (χ0n) is 9.81. The van der Waals surface area contributed by atoms with Crippen molar-refractivity contribution in [1.82, 2.24) is 4.98 Å². The molecule has 4 heteroatoms. The van der Waals surface area contributed by atoms with E-state index in [1.54, 1.807) is 12.4 Å². The number of hydrogen-bond donors (Lipinski definition) is 2. The molecule has 0 saturated carbocycles. The summed E-state index contributed by atoms with van der Waals surface area (Å²) in [5.74, 6) is 0.0518. The van der Waals surface area contributed by atoms with Gasteiger partial charge in [-0.05, 0) is 40.5 Å². The van der Waals surface area contributed by atoms with Gasteiger partial charge in [0.15, 0.2) is 0 Å². The summed E-state index contributed by atoms with van der Waals surface area (Å²) in [5.41, 5.74) is 10.8. The third kappa shape index (κ3) is 1.76. The Bertz CT molecular complexity index is 622. The van der Waals surface area contributed by atoms with Crippen molar-refractivity contribution in [3.8, 4) is 11.1 Å². The minimum atomic E-state index is 0.0518. The Hall–Kier alpha value is -2.20. The lowest BCUT2D eigenvalue weighted by Gasteiger charge is -2.08. The molecule has 3 rings (SSSR count). The molecule has 0 spiro atoms. The standard InChI is InChI=1S/C14H13N3O/c15-7-11-8-16-4-3-12(11)9-1-2-13-10(5-9)6-14(18)17-13/h1-5,8H,6-7,15H2,(H,17,18). The van der Waals surface area contributed by atoms with Crippen LogP contribution in [0, 0.1) is 0 Å². The van der Waals surface area contributed by atoms with Crippen LogP contribution in [0.3, 0.4) is 0 Å². The lowest BCUT2D eigenvalue weighted by Crippen LogP contribution is -2.03. The van der Waals surface area contributed by atoms with E-state index >= 15 is 0 Å². The van der Waals surface area contributed by atoms with E-state index in [1.165, 1.54) is 0 Å². The number of amides is 1. The van der Waals surface area contributed by atoms with Gasteiger partial charge in [-0.1, -0.05) is 6.07 Å². The van der Waals surface area contributed by atoms with E-state index < -0.39 is 0 Å². The second-order valence-corrected chi connectivity index (χ2v) is 4.33. The SMILES string of the molecule is NCc1cnccc1-c1ccc2c(c1)CC(=O)N2. The fourth-order valence-electron chi connectivity index (χ4n) is 2.27. The summed E-state index contributed by atoms with van der Waals surface area (Å²) < 4.78 is 0. The third-order valence-electron chi connectivity index (χ3n) is 3.16. The minimum Gasteiger partial charge on any atom is -0.326 e. The number of anilines is 1. The molecule has 1 amide bonds. The van der Waals surface area contributed by atoms with Crippen LogP contribution in [0.15, 0.2) is 36.7 Å². The van der Waals surface area contributed by atoms with Gasteiger partial charge in [-0.3, -0.25) is 9.78 Å². The van der Waals surface area contributed by atoms with Crippen LogP contribution in [0.5, 0.6) is 0 Å². The Labute approximate surface area is 105 Å². The van der Waals surface area contributed by atoms with Crippen LogP contribution in [-0.2, 0) is 17.8 Å². The number of nitrogens with one attached hydrogen (secondary N) is 1. The van der Waals surface area contributed by atoms with Crippen LogP contribution < -0.4 is 11.1 Å². The van der Waals surface area contributed by atoms with Crippen LogP contribution in [0.1, 0.15) is 11.1 Å². The molecule has 90 valence electrons. The Balaban J connectivity index is 2.08. The molecule has 0 radical (unpaired) electrons. The predicted molar refractivity (Wildman–Crippen MR) is 69.9 cm³/mol. The lowest BCUT2D eigenvalue weighted by atomic mass is 9.99. The van der Waals surface area contributed by atoms with E-state index in [1.807, 2.05) is 24.3 Å². The number of carbonyl (C=O) groups is 1. The average Bonchev–Trinajstić information content (AvgIpc) is 2.77. The van der Waals surface area contributed by atoms with E-state index in [0.717, 1.165) is 27.9 Å². The summed E-state index contributed by atoms with van der Waals surface area (Å²) in [5, 5.41) is 2.83. The first-order valence-corrected chi connectivity index (χ1v) is 5.84. The zero-order valence-corrected chi connectivity index (χ0v) is 9.81. The summed E-state index contributed by atoms with van der Waals surface area (Å²) >= 11 is 0. The summed E-state index contributed by atoms with van der Waals surface area (Å²) in [7, 11) is 0. The van der Waals surface area contributed by atoms with Crippen molar-refractivity contribution >= 4 is 11.6 Å². The summed E-state index contributed by atoms with van der Waals surface area (Å²) in [6.07, 6.45) is 3.99. The number of rotatable bonds is 2. The van der Waals surface area contributed by atoms with E-state index in [-0.39, 0.29) is 5.91 Å². The highest BCUT2D eigenvalue weighted by atomic mass is 16.1. The van der Waals surface area contributed by atoms with Gasteiger partial charge in [-0.15, -0.1) is 0 Å². The van der Waals surface area contributed by atoms with Crippen molar-refractivity contribution in [3.63, 3.8) is 0 Å². The Morgan fingerprint density at radius 2 is 2.22 bits per heavy atom. The molecule has 4 nitrogen and oxygen atoms in total. The maximum Gasteiger partial charge on any atom is 0.228 e. The lowest BCUT2D eigenvalue weighted by molar-refractivity contribution is -0.115. The Kier molecular flexibility index (Phi) is 2.57. The normalized spacial score (nSPS) is 13.3. The molecular formula is C14H13N3O. The quantitative estimate of drug-likeness (QED) is 0.838. The van der Waals surface area contributed by atoms with Gasteiger partial charge < -0.3 is 11.1 Å². The van der Waals surface area contributed by atoms with Gasteiger partial charge in [0.1, 0.15) is 0 Å². The number of pyridine rings is 1. The number of fused-ring (bicyclic) bond motifs is 1. The van der Waals surface area contributed by atoms with Gasteiger partial charge in [-0.25, -0.2) is 0 Å². The molecule has 2 aromatic rings. The first kappa shape index (κ1) is 10.9. The maximum absolute atomic E-state index is 11.3. The second kappa shape index (κ2) is 4.23. The van der Waals surface area contributed by atoms with Crippen LogP contribution in [0.2, 0.25) is 0 Å². The Morgan fingerprint density at radius 3 is 3.06 bits per heavy atom. The molecular weight excluding hydrogens is 226 g/mol. The molecule has 1 aliphatic rings. The number of nitrogens with two attached hydrogens (primary N) is 1. The molecule has 3 N–H and O–H groups in total. The molecule has 18 heavy (non-hydrogen) atoms. The number of benzene rings is 1. The van der Waals surface area contributed by atoms with E-state index in [4.69, 9.17) is 5.73 Å². The molecule has 1 aromatic carbocycles. The maximum atomic E-state index is 11.3. The monoisotopic (exact) mass is 239 g/mol. The average molecular weight is 239 g/mol. The summed E-state index contributed by atoms with van der Waals surface area (Å²) in [4.78, 5) is 15.4. The van der Waals surface area contributed by atoms with Gasteiger partial charge in [0.25, 0.3) is 0 Å². The first-order valence-electron chi connectivity index (χ1n) is 5.84. The Morgan fingerprint density at radius 1 is 1.33 bits per heavy atom. The van der Waals surface area contributed by atoms with Gasteiger partial charge in [0.2, 0.25) is 5.91 Å². The highest BCUT2D eigenvalue weighted by molar-refractivity contribution is 5.99. The molecule has 1 aromatic heterocycles. The van der Waals surface area contributed by atoms with E-state index in [0.29, 0.717) is 13.0 Å². The van der Waals surface area contributed by atoms with Crippen LogP contribution in [0.4, 0.5) is 5.69 Å². The number of aromatic nitrogens is 1. The van der Waals surface area contributed by atoms with E-state index in [2.05, 4.69) is 10.3 Å². The molecule has 0 saturated heterocycles. The van der Waals surface area contributed by atoms with E-state index in [9.17, 15) is 4.79 Å². The molecule has 0 fully saturated rings. The van der Waals surface area contributed by atoms with Crippen molar-refractivity contribution in [2.45, 2.75) is 13.0 Å². The van der Waals surface area contributed by atoms with Gasteiger partial charge in [-0.2, -0.15) is 0 Å². The van der Waals surface area contributed by atoms with Crippen molar-refractivity contribution in [1.29, 1.82) is 0 Å². The third-order valence-corrected chi connectivity index (χ3v) is 3.16. The van der Waals surface area contributed by atoms with Crippen molar-refractivity contribution in [3.05, 3.63) is 47.8 Å². The van der Waals surface area contributed by atoms with Gasteiger partial charge in [0.05, 0.1) is 6.42 Å². The molecule has 1 aliphatic heterocycles. The molecule has 0 unspecified atom stereocenters. The van der Waals surface area contributed by atoms with Crippen LogP contribution in [-0.4, -0.2) is 10.9 Å². The minimum absolute atomic E-state index is 0.0518. The second-order valence-electron chi connectivity index (χ2n) is 4.33. The smallest absolute Gasteiger partial charge is 0.228 e. The van der Waals surface area contributed by atoms with Crippen molar-refractivity contribution in [2.24, 2.45) is 5.73 Å². The summed E-state index contributed by atoms with van der Waals surface area (Å²) in [6, 6.07) is 7.94. The number of hydrogen-bond acceptors (Lipinski definition) is 3. The fraction of sp³-hybridized carbons (Fsp3) is 0.143. The van der Waals surface area contributed by atoms with Crippen LogP contribution in [0.25, 0.3) is 11.1 Å². The topological polar surface area (TPSA) is 68.0 Å². The highest BCUT2D eigenvalue weighted by Gasteiger charge is 2.18. The fourth-order valence-corrected chi connectivity index (χ4v) is 2.27. The van der Waals surface area contributed by atoms with Crippen molar-refractivity contribution in [2.75, 3.05) is 5.32 Å². The van der Waals surface area contributed by atoms with Gasteiger partial charge >= 0.3 is 0 Å². The highest BCUT2D eigenvalue weighted by Crippen LogP contribution is 2.30. The first-order chi connectivity index (χ1) is 8.78. The molecule has 0 atom stereocenters. The number of nitrogens with zero attached hydrogens (tertiary/aromatic N) is 1. The molecule has 2 heterocycles. The zero-order chi connectivity index (χ0) is 12.5.